The van der Waals surface area contributed by atoms with E-state index in [0.29, 0.717) is 39.0 Å². The molecule has 0 saturated carbocycles. The second kappa shape index (κ2) is 8.78. The van der Waals surface area contributed by atoms with Crippen molar-refractivity contribution in [3.63, 3.8) is 0 Å². The van der Waals surface area contributed by atoms with Crippen LogP contribution >= 0.6 is 0 Å². The molecule has 0 spiro atoms. The molecule has 7 heteroatoms. The fourth-order valence-corrected chi connectivity index (χ4v) is 3.95. The van der Waals surface area contributed by atoms with Gasteiger partial charge in [0.15, 0.2) is 12.4 Å². The lowest BCUT2D eigenvalue weighted by Gasteiger charge is -2.10. The molecule has 0 atom stereocenters. The second-order valence-corrected chi connectivity index (χ2v) is 7.76. The van der Waals surface area contributed by atoms with Gasteiger partial charge < -0.3 is 9.72 Å². The number of aryl methyl sites for hydroxylation is 1. The summed E-state index contributed by atoms with van der Waals surface area (Å²) in [5.74, 6) is -1.64. The minimum atomic E-state index is -0.682. The number of aromatic nitrogens is 2. The lowest BCUT2D eigenvalue weighted by molar-refractivity contribution is 0.0475. The Bertz CT molecular complexity index is 1400. The van der Waals surface area contributed by atoms with Crippen molar-refractivity contribution in [2.45, 2.75) is 20.8 Å². The third-order valence-corrected chi connectivity index (χ3v) is 5.48. The summed E-state index contributed by atoms with van der Waals surface area (Å²) < 4.78 is 18.7. The molecule has 0 fully saturated rings. The number of carbonyl (C=O) groups is 3. The van der Waals surface area contributed by atoms with Gasteiger partial charge in [-0.2, -0.15) is 0 Å². The molecule has 2 aromatic heterocycles. The molecule has 0 saturated heterocycles. The molecule has 6 nitrogen and oxygen atoms in total. The molecule has 2 heterocycles. The summed E-state index contributed by atoms with van der Waals surface area (Å²) in [6, 6.07) is 14.4. The van der Waals surface area contributed by atoms with Crippen LogP contribution in [0.4, 0.5) is 4.39 Å². The maximum absolute atomic E-state index is 13.3. The van der Waals surface area contributed by atoms with Crippen molar-refractivity contribution in [3.8, 4) is 11.3 Å². The number of hydrogen-bond donors (Lipinski definition) is 1. The van der Waals surface area contributed by atoms with E-state index in [4.69, 9.17) is 4.74 Å². The zero-order chi connectivity index (χ0) is 23.7. The molecule has 33 heavy (non-hydrogen) atoms. The summed E-state index contributed by atoms with van der Waals surface area (Å²) in [5, 5.41) is 0.576. The van der Waals surface area contributed by atoms with Crippen LogP contribution in [0, 0.1) is 19.7 Å². The predicted octanol–water partition coefficient (Wildman–Crippen LogP) is 5.23. The summed E-state index contributed by atoms with van der Waals surface area (Å²) >= 11 is 0. The molecule has 1 N–H and O–H groups in total. The summed E-state index contributed by atoms with van der Waals surface area (Å²) in [5.41, 5.74) is 3.78. The Hall–Kier alpha value is -4.13. The number of aromatic amines is 1. The van der Waals surface area contributed by atoms with Gasteiger partial charge in [0.2, 0.25) is 5.78 Å². The van der Waals surface area contributed by atoms with Gasteiger partial charge in [0.25, 0.3) is 0 Å². The van der Waals surface area contributed by atoms with Crippen LogP contribution in [0.1, 0.15) is 49.4 Å². The Balaban J connectivity index is 1.63. The van der Waals surface area contributed by atoms with E-state index in [-0.39, 0.29) is 22.9 Å². The Morgan fingerprint density at radius 2 is 1.73 bits per heavy atom. The summed E-state index contributed by atoms with van der Waals surface area (Å²) in [6.07, 6.45) is 0. The number of hydrogen-bond acceptors (Lipinski definition) is 5. The maximum Gasteiger partial charge on any atom is 0.339 e. The third-order valence-electron chi connectivity index (χ3n) is 5.48. The van der Waals surface area contributed by atoms with Crippen LogP contribution in [0.25, 0.3) is 22.2 Å². The highest BCUT2D eigenvalue weighted by molar-refractivity contribution is 6.07. The molecule has 0 aliphatic heterocycles. The van der Waals surface area contributed by atoms with E-state index < -0.39 is 18.4 Å². The minimum Gasteiger partial charge on any atom is -0.454 e. The van der Waals surface area contributed by atoms with Gasteiger partial charge in [0.05, 0.1) is 22.5 Å². The van der Waals surface area contributed by atoms with E-state index in [1.165, 1.54) is 19.1 Å². The van der Waals surface area contributed by atoms with Gasteiger partial charge in [-0.05, 0) is 62.7 Å². The van der Waals surface area contributed by atoms with Gasteiger partial charge >= 0.3 is 5.97 Å². The number of fused-ring (bicyclic) bond motifs is 1. The van der Waals surface area contributed by atoms with Crippen LogP contribution in [0.2, 0.25) is 0 Å². The first-order valence-corrected chi connectivity index (χ1v) is 10.3. The number of carbonyl (C=O) groups excluding carboxylic acids is 3. The number of halogens is 1. The van der Waals surface area contributed by atoms with Crippen molar-refractivity contribution in [1.29, 1.82) is 0 Å². The lowest BCUT2D eigenvalue weighted by atomic mass is 10.0. The molecule has 4 aromatic rings. The van der Waals surface area contributed by atoms with Gasteiger partial charge in [-0.15, -0.1) is 0 Å². The highest BCUT2D eigenvalue weighted by Crippen LogP contribution is 2.26. The Morgan fingerprint density at radius 1 is 1.03 bits per heavy atom. The number of pyridine rings is 1. The molecule has 2 aromatic carbocycles. The number of nitrogens with zero attached hydrogens (tertiary/aromatic N) is 1. The van der Waals surface area contributed by atoms with Gasteiger partial charge in [0, 0.05) is 22.2 Å². The normalized spacial score (nSPS) is 10.9. The van der Waals surface area contributed by atoms with Crippen LogP contribution in [-0.4, -0.2) is 34.1 Å². The molecule has 0 aliphatic carbocycles. The quantitative estimate of drug-likeness (QED) is 0.325. The molecule has 0 bridgehead atoms. The average Bonchev–Trinajstić information content (AvgIpc) is 3.11. The van der Waals surface area contributed by atoms with Gasteiger partial charge in [-0.3, -0.25) is 9.59 Å². The highest BCUT2D eigenvalue weighted by Gasteiger charge is 2.22. The third kappa shape index (κ3) is 4.30. The Kier molecular flexibility index (Phi) is 5.87. The molecule has 0 radical (unpaired) electrons. The Morgan fingerprint density at radius 3 is 2.39 bits per heavy atom. The van der Waals surface area contributed by atoms with Crippen molar-refractivity contribution in [3.05, 3.63) is 88.5 Å². The van der Waals surface area contributed by atoms with E-state index in [2.05, 4.69) is 9.97 Å². The predicted molar refractivity (Wildman–Crippen MR) is 122 cm³/mol. The van der Waals surface area contributed by atoms with Crippen molar-refractivity contribution < 1.29 is 23.5 Å². The molecule has 0 amide bonds. The molecule has 0 unspecified atom stereocenters. The first-order chi connectivity index (χ1) is 15.8. The van der Waals surface area contributed by atoms with E-state index >= 15 is 0 Å². The Labute approximate surface area is 189 Å². The average molecular weight is 444 g/mol. The number of Topliss-reactive ketones (excluding diaryl/α,β-unsaturated/α-hetero) is 2. The summed E-state index contributed by atoms with van der Waals surface area (Å²) in [7, 11) is 0. The van der Waals surface area contributed by atoms with Crippen LogP contribution in [-0.2, 0) is 4.74 Å². The number of rotatable bonds is 6. The number of para-hydroxylation sites is 1. The van der Waals surface area contributed by atoms with E-state index in [1.54, 1.807) is 56.3 Å². The van der Waals surface area contributed by atoms with Crippen LogP contribution < -0.4 is 0 Å². The number of ether oxygens (including phenoxy) is 1. The second-order valence-electron chi connectivity index (χ2n) is 7.76. The van der Waals surface area contributed by atoms with Crippen LogP contribution in [0.15, 0.2) is 54.6 Å². The first kappa shape index (κ1) is 22.1. The molecule has 166 valence electrons. The molecule has 0 aliphatic rings. The van der Waals surface area contributed by atoms with Crippen LogP contribution in [0.5, 0.6) is 0 Å². The summed E-state index contributed by atoms with van der Waals surface area (Å²) in [6.45, 7) is 4.34. The highest BCUT2D eigenvalue weighted by atomic mass is 19.1. The summed E-state index contributed by atoms with van der Waals surface area (Å²) in [4.78, 5) is 45.0. The van der Waals surface area contributed by atoms with Gasteiger partial charge in [-0.25, -0.2) is 14.2 Å². The van der Waals surface area contributed by atoms with Crippen molar-refractivity contribution in [2.24, 2.45) is 0 Å². The van der Waals surface area contributed by atoms with Crippen molar-refractivity contribution in [1.82, 2.24) is 9.97 Å². The number of H-pyrrole nitrogens is 1. The smallest absolute Gasteiger partial charge is 0.339 e. The zero-order valence-corrected chi connectivity index (χ0v) is 18.4. The lowest BCUT2D eigenvalue weighted by Crippen LogP contribution is -2.16. The van der Waals surface area contributed by atoms with Gasteiger partial charge in [-0.1, -0.05) is 18.2 Å². The van der Waals surface area contributed by atoms with Crippen LogP contribution in [0.3, 0.4) is 0 Å². The van der Waals surface area contributed by atoms with Crippen molar-refractivity contribution >= 4 is 28.4 Å². The first-order valence-electron chi connectivity index (χ1n) is 10.3. The number of nitrogens with one attached hydrogen (secondary N) is 1. The largest absolute Gasteiger partial charge is 0.454 e. The van der Waals surface area contributed by atoms with Gasteiger partial charge in [0.1, 0.15) is 5.82 Å². The number of esters is 1. The molecule has 4 rings (SSSR count). The minimum absolute atomic E-state index is 0.145. The monoisotopic (exact) mass is 444 g/mol. The molecular weight excluding hydrogens is 423 g/mol. The maximum atomic E-state index is 13.3. The van der Waals surface area contributed by atoms with E-state index in [9.17, 15) is 18.8 Å². The molecular formula is C26H21FN2O4. The SMILES string of the molecule is CC(=O)c1c(C)[nH]c(C(=O)COC(=O)c2cc(-c3ccc(F)cc3)nc3ccccc23)c1C. The standard InChI is InChI=1S/C26H21FN2O4/c1-14-24(16(3)30)15(2)28-25(14)23(31)13-33-26(32)20-12-22(17-8-10-18(27)11-9-17)29-21-7-5-4-6-19(20)21/h4-12,28H,13H2,1-3H3. The number of benzene rings is 2. The number of ketones is 2. The topological polar surface area (TPSA) is 89.1 Å². The fourth-order valence-electron chi connectivity index (χ4n) is 3.95. The zero-order valence-electron chi connectivity index (χ0n) is 18.4. The van der Waals surface area contributed by atoms with Crippen molar-refractivity contribution in [2.75, 3.05) is 6.61 Å². The van der Waals surface area contributed by atoms with E-state index in [1.807, 2.05) is 0 Å². The van der Waals surface area contributed by atoms with E-state index in [0.717, 1.165) is 0 Å². The fraction of sp³-hybridized carbons (Fsp3) is 0.154.